The standard InChI is InChI=1S/C6H11NO4/c8-2-4-5(9)1-3(7-4)6(10)11/h3-5,7-9H,1-2H2,(H,10,11)/t3-,4?,5-/m0/s1. The van der Waals surface area contributed by atoms with E-state index in [0.29, 0.717) is 0 Å². The van der Waals surface area contributed by atoms with Gasteiger partial charge in [-0.1, -0.05) is 0 Å². The summed E-state index contributed by atoms with van der Waals surface area (Å²) < 4.78 is 0. The van der Waals surface area contributed by atoms with E-state index in [1.807, 2.05) is 0 Å². The highest BCUT2D eigenvalue weighted by atomic mass is 16.4. The van der Waals surface area contributed by atoms with Gasteiger partial charge in [-0.15, -0.1) is 0 Å². The number of aliphatic hydroxyl groups excluding tert-OH is 2. The van der Waals surface area contributed by atoms with Crippen LogP contribution in [0.1, 0.15) is 6.42 Å². The minimum atomic E-state index is -0.986. The Labute approximate surface area is 63.7 Å². The molecular formula is C6H11NO4. The lowest BCUT2D eigenvalue weighted by Crippen LogP contribution is -2.39. The van der Waals surface area contributed by atoms with Crippen molar-refractivity contribution in [1.82, 2.24) is 5.32 Å². The largest absolute Gasteiger partial charge is 0.480 e. The van der Waals surface area contributed by atoms with Gasteiger partial charge in [0.1, 0.15) is 6.04 Å². The molecule has 0 aromatic heterocycles. The summed E-state index contributed by atoms with van der Waals surface area (Å²) in [6, 6.07) is -1.21. The van der Waals surface area contributed by atoms with E-state index >= 15 is 0 Å². The molecule has 0 bridgehead atoms. The Hall–Kier alpha value is -0.650. The van der Waals surface area contributed by atoms with E-state index < -0.39 is 24.2 Å². The zero-order valence-corrected chi connectivity index (χ0v) is 5.90. The minimum Gasteiger partial charge on any atom is -0.480 e. The Morgan fingerprint density at radius 1 is 1.64 bits per heavy atom. The molecule has 0 amide bonds. The van der Waals surface area contributed by atoms with Crippen LogP contribution in [0.4, 0.5) is 0 Å². The fourth-order valence-corrected chi connectivity index (χ4v) is 1.19. The summed E-state index contributed by atoms with van der Waals surface area (Å²) in [5, 5.41) is 28.8. The minimum absolute atomic E-state index is 0.167. The highest BCUT2D eigenvalue weighted by molar-refractivity contribution is 5.74. The second-order valence-corrected chi connectivity index (χ2v) is 2.65. The van der Waals surface area contributed by atoms with Crippen LogP contribution in [0, 0.1) is 0 Å². The molecule has 1 aliphatic rings. The Morgan fingerprint density at radius 3 is 2.55 bits per heavy atom. The van der Waals surface area contributed by atoms with E-state index in [2.05, 4.69) is 5.32 Å². The summed E-state index contributed by atoms with van der Waals surface area (Å²) in [5.74, 6) is -0.986. The molecule has 1 saturated heterocycles. The third kappa shape index (κ3) is 1.68. The first-order chi connectivity index (χ1) is 5.15. The molecule has 1 rings (SSSR count). The van der Waals surface area contributed by atoms with Crippen molar-refractivity contribution < 1.29 is 20.1 Å². The summed E-state index contributed by atoms with van der Waals surface area (Å²) in [6.45, 7) is -0.231. The first-order valence-electron chi connectivity index (χ1n) is 3.43. The maximum atomic E-state index is 10.4. The van der Waals surface area contributed by atoms with Gasteiger partial charge in [-0.25, -0.2) is 0 Å². The van der Waals surface area contributed by atoms with E-state index in [-0.39, 0.29) is 13.0 Å². The molecule has 0 radical (unpaired) electrons. The SMILES string of the molecule is O=C(O)[C@@H]1C[C@H](O)C(CO)N1. The van der Waals surface area contributed by atoms with Crippen LogP contribution >= 0.6 is 0 Å². The van der Waals surface area contributed by atoms with Crippen LogP contribution in [-0.2, 0) is 4.79 Å². The number of hydrogen-bond acceptors (Lipinski definition) is 4. The van der Waals surface area contributed by atoms with Crippen LogP contribution in [-0.4, -0.2) is 46.1 Å². The number of aliphatic carboxylic acids is 1. The molecule has 64 valence electrons. The lowest BCUT2D eigenvalue weighted by molar-refractivity contribution is -0.139. The molecule has 5 nitrogen and oxygen atoms in total. The second-order valence-electron chi connectivity index (χ2n) is 2.65. The Bertz CT molecular complexity index is 161. The van der Waals surface area contributed by atoms with Crippen molar-refractivity contribution >= 4 is 5.97 Å². The topological polar surface area (TPSA) is 89.8 Å². The van der Waals surface area contributed by atoms with Crippen LogP contribution in [0.2, 0.25) is 0 Å². The average molecular weight is 161 g/mol. The molecule has 0 spiro atoms. The molecule has 1 unspecified atom stereocenters. The van der Waals surface area contributed by atoms with E-state index in [9.17, 15) is 4.79 Å². The summed E-state index contributed by atoms with van der Waals surface area (Å²) in [5.41, 5.74) is 0. The van der Waals surface area contributed by atoms with Crippen molar-refractivity contribution in [3.8, 4) is 0 Å². The molecule has 1 aliphatic heterocycles. The number of carboxylic acids is 1. The number of carbonyl (C=O) groups is 1. The Morgan fingerprint density at radius 2 is 2.27 bits per heavy atom. The van der Waals surface area contributed by atoms with E-state index in [4.69, 9.17) is 15.3 Å². The average Bonchev–Trinajstić information content (AvgIpc) is 2.31. The number of carboxylic acid groups (broad SMARTS) is 1. The van der Waals surface area contributed by atoms with Crippen molar-refractivity contribution in [2.24, 2.45) is 0 Å². The molecule has 0 aliphatic carbocycles. The summed E-state index contributed by atoms with van der Waals surface area (Å²) in [6.07, 6.45) is -0.582. The molecule has 1 fully saturated rings. The van der Waals surface area contributed by atoms with Crippen LogP contribution in [0.3, 0.4) is 0 Å². The molecule has 11 heavy (non-hydrogen) atoms. The predicted molar refractivity (Wildman–Crippen MR) is 36.1 cm³/mol. The summed E-state index contributed by atoms with van der Waals surface area (Å²) >= 11 is 0. The Balaban J connectivity index is 2.49. The zero-order chi connectivity index (χ0) is 8.43. The highest BCUT2D eigenvalue weighted by Gasteiger charge is 2.35. The monoisotopic (exact) mass is 161 g/mol. The van der Waals surface area contributed by atoms with Crippen molar-refractivity contribution in [3.05, 3.63) is 0 Å². The first kappa shape index (κ1) is 8.45. The molecular weight excluding hydrogens is 150 g/mol. The number of rotatable bonds is 2. The van der Waals surface area contributed by atoms with Gasteiger partial charge in [-0.05, 0) is 0 Å². The molecule has 4 N–H and O–H groups in total. The predicted octanol–water partition coefficient (Wildman–Crippen LogP) is -1.85. The van der Waals surface area contributed by atoms with Gasteiger partial charge in [0.15, 0.2) is 0 Å². The van der Waals surface area contributed by atoms with Crippen molar-refractivity contribution in [2.75, 3.05) is 6.61 Å². The number of aliphatic hydroxyl groups is 2. The fraction of sp³-hybridized carbons (Fsp3) is 0.833. The van der Waals surface area contributed by atoms with Gasteiger partial charge in [0.2, 0.25) is 0 Å². The van der Waals surface area contributed by atoms with Gasteiger partial charge in [0, 0.05) is 6.42 Å². The maximum absolute atomic E-state index is 10.4. The lowest BCUT2D eigenvalue weighted by atomic mass is 10.1. The van der Waals surface area contributed by atoms with Crippen molar-refractivity contribution in [3.63, 3.8) is 0 Å². The van der Waals surface area contributed by atoms with E-state index in [1.54, 1.807) is 0 Å². The molecule has 1 heterocycles. The lowest BCUT2D eigenvalue weighted by Gasteiger charge is -2.09. The highest BCUT2D eigenvalue weighted by Crippen LogP contribution is 2.12. The Kier molecular flexibility index (Phi) is 2.43. The summed E-state index contributed by atoms with van der Waals surface area (Å²) in [4.78, 5) is 10.4. The van der Waals surface area contributed by atoms with Crippen molar-refractivity contribution in [2.45, 2.75) is 24.6 Å². The van der Waals surface area contributed by atoms with Crippen LogP contribution in [0.5, 0.6) is 0 Å². The third-order valence-electron chi connectivity index (χ3n) is 1.85. The molecule has 0 aromatic carbocycles. The number of hydrogen-bond donors (Lipinski definition) is 4. The second kappa shape index (κ2) is 3.17. The quantitative estimate of drug-likeness (QED) is 0.382. The third-order valence-corrected chi connectivity index (χ3v) is 1.85. The normalized spacial score (nSPS) is 37.5. The molecule has 0 aromatic rings. The van der Waals surface area contributed by atoms with Gasteiger partial charge < -0.3 is 15.3 Å². The zero-order valence-electron chi connectivity index (χ0n) is 5.90. The van der Waals surface area contributed by atoms with Gasteiger partial charge in [0.05, 0.1) is 18.8 Å². The maximum Gasteiger partial charge on any atom is 0.320 e. The van der Waals surface area contributed by atoms with E-state index in [0.717, 1.165) is 0 Å². The van der Waals surface area contributed by atoms with Gasteiger partial charge in [-0.2, -0.15) is 0 Å². The van der Waals surface area contributed by atoms with Crippen LogP contribution < -0.4 is 5.32 Å². The number of nitrogens with one attached hydrogen (secondary N) is 1. The molecule has 3 atom stereocenters. The summed E-state index contributed by atoms with van der Waals surface area (Å²) in [7, 11) is 0. The van der Waals surface area contributed by atoms with Gasteiger partial charge >= 0.3 is 5.97 Å². The van der Waals surface area contributed by atoms with Gasteiger partial charge in [0.25, 0.3) is 0 Å². The fourth-order valence-electron chi connectivity index (χ4n) is 1.19. The smallest absolute Gasteiger partial charge is 0.320 e. The van der Waals surface area contributed by atoms with Crippen LogP contribution in [0.15, 0.2) is 0 Å². The first-order valence-corrected chi connectivity index (χ1v) is 3.43. The van der Waals surface area contributed by atoms with Crippen LogP contribution in [0.25, 0.3) is 0 Å². The van der Waals surface area contributed by atoms with E-state index in [1.165, 1.54) is 0 Å². The van der Waals surface area contributed by atoms with Crippen molar-refractivity contribution in [1.29, 1.82) is 0 Å². The molecule has 5 heteroatoms. The molecule has 0 saturated carbocycles. The van der Waals surface area contributed by atoms with Gasteiger partial charge in [-0.3, -0.25) is 10.1 Å².